The predicted molar refractivity (Wildman–Crippen MR) is 87.8 cm³/mol. The molecule has 0 aliphatic rings. The molecule has 2 rings (SSSR count). The Morgan fingerprint density at radius 1 is 1.05 bits per heavy atom. The van der Waals surface area contributed by atoms with Crippen molar-refractivity contribution < 1.29 is 4.79 Å². The lowest BCUT2D eigenvalue weighted by molar-refractivity contribution is 0.0951. The summed E-state index contributed by atoms with van der Waals surface area (Å²) in [6.07, 6.45) is 2.58. The number of rotatable bonds is 4. The third kappa shape index (κ3) is 4.88. The summed E-state index contributed by atoms with van der Waals surface area (Å²) in [7, 11) is 0. The van der Waals surface area contributed by atoms with Crippen molar-refractivity contribution in [3.8, 4) is 0 Å². The van der Waals surface area contributed by atoms with E-state index in [0.29, 0.717) is 12.1 Å². The number of hydrogen-bond donors (Lipinski definition) is 2. The minimum atomic E-state index is -0.149. The molecule has 4 heteroatoms. The van der Waals surface area contributed by atoms with Crippen LogP contribution in [-0.4, -0.2) is 10.9 Å². The van der Waals surface area contributed by atoms with Gasteiger partial charge in [0, 0.05) is 24.4 Å². The molecule has 0 saturated heterocycles. The Balaban J connectivity index is 1.95. The van der Waals surface area contributed by atoms with Crippen LogP contribution in [0.15, 0.2) is 47.4 Å². The van der Waals surface area contributed by atoms with Crippen molar-refractivity contribution >= 4 is 5.91 Å². The highest BCUT2D eigenvalue weighted by molar-refractivity contribution is 5.94. The first kappa shape index (κ1) is 16.0. The zero-order chi connectivity index (χ0) is 16.2. The monoisotopic (exact) mass is 298 g/mol. The van der Waals surface area contributed by atoms with Crippen LogP contribution in [0.2, 0.25) is 0 Å². The largest absolute Gasteiger partial charge is 0.348 e. The molecule has 0 atom stereocenters. The van der Waals surface area contributed by atoms with Gasteiger partial charge in [-0.3, -0.25) is 9.59 Å². The van der Waals surface area contributed by atoms with E-state index in [1.54, 1.807) is 12.3 Å². The quantitative estimate of drug-likeness (QED) is 0.911. The summed E-state index contributed by atoms with van der Waals surface area (Å²) >= 11 is 0. The molecule has 1 amide bonds. The maximum atomic E-state index is 12.1. The molecule has 2 aromatic rings. The fourth-order valence-electron chi connectivity index (χ4n) is 2.22. The van der Waals surface area contributed by atoms with Crippen molar-refractivity contribution in [1.82, 2.24) is 10.3 Å². The van der Waals surface area contributed by atoms with Crippen LogP contribution in [0.1, 0.15) is 42.3 Å². The minimum Gasteiger partial charge on any atom is -0.348 e. The zero-order valence-electron chi connectivity index (χ0n) is 13.3. The second-order valence-electron chi connectivity index (χ2n) is 6.68. The lowest BCUT2D eigenvalue weighted by Crippen LogP contribution is -2.23. The molecular weight excluding hydrogens is 276 g/mol. The average Bonchev–Trinajstić information content (AvgIpc) is 2.45. The summed E-state index contributed by atoms with van der Waals surface area (Å²) in [6.45, 7) is 6.97. The molecule has 0 spiro atoms. The standard InChI is InChI=1S/C18H22N2O2/c1-18(2,3)10-13-4-7-15(8-5-13)17(22)20-12-14-6-9-16(21)19-11-14/h4-9,11H,10,12H2,1-3H3,(H,19,21)(H,20,22). The fourth-order valence-corrected chi connectivity index (χ4v) is 2.22. The molecule has 1 aromatic carbocycles. The highest BCUT2D eigenvalue weighted by Gasteiger charge is 2.12. The smallest absolute Gasteiger partial charge is 0.251 e. The van der Waals surface area contributed by atoms with Crippen LogP contribution < -0.4 is 10.9 Å². The van der Waals surface area contributed by atoms with Crippen LogP contribution in [0.25, 0.3) is 0 Å². The minimum absolute atomic E-state index is 0.117. The van der Waals surface area contributed by atoms with Gasteiger partial charge in [0.1, 0.15) is 0 Å². The number of carbonyl (C=O) groups is 1. The van der Waals surface area contributed by atoms with E-state index in [0.717, 1.165) is 12.0 Å². The van der Waals surface area contributed by atoms with Crippen LogP contribution in [0, 0.1) is 5.41 Å². The number of nitrogens with one attached hydrogen (secondary N) is 2. The van der Waals surface area contributed by atoms with Gasteiger partial charge in [-0.15, -0.1) is 0 Å². The summed E-state index contributed by atoms with van der Waals surface area (Å²) in [5, 5.41) is 2.84. The molecule has 2 N–H and O–H groups in total. The molecule has 22 heavy (non-hydrogen) atoms. The van der Waals surface area contributed by atoms with Crippen molar-refractivity contribution in [2.45, 2.75) is 33.7 Å². The number of carbonyl (C=O) groups excluding carboxylic acids is 1. The summed E-state index contributed by atoms with van der Waals surface area (Å²) in [4.78, 5) is 25.7. The average molecular weight is 298 g/mol. The van der Waals surface area contributed by atoms with Crippen LogP contribution >= 0.6 is 0 Å². The summed E-state index contributed by atoms with van der Waals surface area (Å²) < 4.78 is 0. The van der Waals surface area contributed by atoms with Crippen molar-refractivity contribution in [2.24, 2.45) is 5.41 Å². The third-order valence-electron chi connectivity index (χ3n) is 3.25. The van der Waals surface area contributed by atoms with Gasteiger partial charge < -0.3 is 10.3 Å². The van der Waals surface area contributed by atoms with E-state index in [-0.39, 0.29) is 16.9 Å². The van der Waals surface area contributed by atoms with Gasteiger partial charge >= 0.3 is 0 Å². The fraction of sp³-hybridized carbons (Fsp3) is 0.333. The Labute approximate surface area is 130 Å². The van der Waals surface area contributed by atoms with Crippen LogP contribution in [0.5, 0.6) is 0 Å². The zero-order valence-corrected chi connectivity index (χ0v) is 13.3. The molecule has 0 radical (unpaired) electrons. The molecule has 0 aliphatic carbocycles. The Bertz CT molecular complexity index is 674. The Morgan fingerprint density at radius 2 is 1.68 bits per heavy atom. The van der Waals surface area contributed by atoms with Gasteiger partial charge in [-0.25, -0.2) is 0 Å². The van der Waals surface area contributed by atoms with Crippen molar-refractivity contribution in [3.63, 3.8) is 0 Å². The van der Waals surface area contributed by atoms with E-state index in [9.17, 15) is 9.59 Å². The molecule has 0 unspecified atom stereocenters. The van der Waals surface area contributed by atoms with E-state index >= 15 is 0 Å². The Morgan fingerprint density at radius 3 is 2.23 bits per heavy atom. The van der Waals surface area contributed by atoms with Crippen LogP contribution in [0.3, 0.4) is 0 Å². The molecule has 4 nitrogen and oxygen atoms in total. The number of amides is 1. The first-order chi connectivity index (χ1) is 10.3. The maximum absolute atomic E-state index is 12.1. The number of hydrogen-bond acceptors (Lipinski definition) is 2. The maximum Gasteiger partial charge on any atom is 0.251 e. The molecule has 0 saturated carbocycles. The number of H-pyrrole nitrogens is 1. The lowest BCUT2D eigenvalue weighted by Gasteiger charge is -2.18. The molecule has 0 aliphatic heterocycles. The van der Waals surface area contributed by atoms with E-state index in [1.807, 2.05) is 24.3 Å². The Kier molecular flexibility index (Phi) is 4.81. The predicted octanol–water partition coefficient (Wildman–Crippen LogP) is 2.89. The lowest BCUT2D eigenvalue weighted by atomic mass is 9.88. The summed E-state index contributed by atoms with van der Waals surface area (Å²) in [5.74, 6) is -0.117. The topological polar surface area (TPSA) is 62.0 Å². The van der Waals surface area contributed by atoms with Gasteiger partial charge in [0.25, 0.3) is 5.91 Å². The first-order valence-corrected chi connectivity index (χ1v) is 7.38. The third-order valence-corrected chi connectivity index (χ3v) is 3.25. The number of aromatic nitrogens is 1. The molecule has 1 aromatic heterocycles. The van der Waals surface area contributed by atoms with Gasteiger partial charge in [0.05, 0.1) is 0 Å². The normalized spacial score (nSPS) is 11.2. The van der Waals surface area contributed by atoms with Gasteiger partial charge in [-0.2, -0.15) is 0 Å². The van der Waals surface area contributed by atoms with E-state index in [1.165, 1.54) is 11.6 Å². The molecule has 1 heterocycles. The van der Waals surface area contributed by atoms with Crippen molar-refractivity contribution in [1.29, 1.82) is 0 Å². The number of pyridine rings is 1. The summed E-state index contributed by atoms with van der Waals surface area (Å²) in [5.41, 5.74) is 2.81. The summed E-state index contributed by atoms with van der Waals surface area (Å²) in [6, 6.07) is 10.8. The SMILES string of the molecule is CC(C)(C)Cc1ccc(C(=O)NCc2ccc(=O)[nH]c2)cc1. The first-order valence-electron chi connectivity index (χ1n) is 7.38. The van der Waals surface area contributed by atoms with Gasteiger partial charge in [0.2, 0.25) is 5.56 Å². The van der Waals surface area contributed by atoms with Crippen molar-refractivity contribution in [3.05, 3.63) is 69.6 Å². The molecule has 0 bridgehead atoms. The van der Waals surface area contributed by atoms with Crippen LogP contribution in [-0.2, 0) is 13.0 Å². The second-order valence-corrected chi connectivity index (χ2v) is 6.68. The van der Waals surface area contributed by atoms with E-state index < -0.39 is 0 Å². The second kappa shape index (κ2) is 6.60. The van der Waals surface area contributed by atoms with Gasteiger partial charge in [-0.05, 0) is 35.1 Å². The van der Waals surface area contributed by atoms with Crippen LogP contribution in [0.4, 0.5) is 0 Å². The number of aromatic amines is 1. The molecular formula is C18H22N2O2. The van der Waals surface area contributed by atoms with Gasteiger partial charge in [0.15, 0.2) is 0 Å². The molecule has 0 fully saturated rings. The van der Waals surface area contributed by atoms with Gasteiger partial charge in [-0.1, -0.05) is 39.0 Å². The van der Waals surface area contributed by atoms with E-state index in [2.05, 4.69) is 31.1 Å². The van der Waals surface area contributed by atoms with Crippen molar-refractivity contribution in [2.75, 3.05) is 0 Å². The highest BCUT2D eigenvalue weighted by atomic mass is 16.1. The highest BCUT2D eigenvalue weighted by Crippen LogP contribution is 2.20. The van der Waals surface area contributed by atoms with E-state index in [4.69, 9.17) is 0 Å². The number of benzene rings is 1. The molecule has 116 valence electrons. The Hall–Kier alpha value is -2.36.